The summed E-state index contributed by atoms with van der Waals surface area (Å²) in [4.78, 5) is 0.320. The van der Waals surface area contributed by atoms with Crippen LogP contribution < -0.4 is 4.74 Å². The predicted octanol–water partition coefficient (Wildman–Crippen LogP) is 2.97. The summed E-state index contributed by atoms with van der Waals surface area (Å²) in [5, 5.41) is 0. The smallest absolute Gasteiger partial charge is 0.243 e. The van der Waals surface area contributed by atoms with E-state index in [1.54, 1.807) is 34.6 Å². The Bertz CT molecular complexity index is 878. The van der Waals surface area contributed by atoms with Gasteiger partial charge in [-0.2, -0.15) is 4.31 Å². The first-order valence-corrected chi connectivity index (χ1v) is 9.43. The second-order valence-electron chi connectivity index (χ2n) is 6.44. The molecule has 2 unspecified atom stereocenters. The van der Waals surface area contributed by atoms with E-state index in [1.165, 1.54) is 0 Å². The van der Waals surface area contributed by atoms with Gasteiger partial charge in [0.1, 0.15) is 5.75 Å². The molecule has 4 nitrogen and oxygen atoms in total. The minimum Gasteiger partial charge on any atom is -0.492 e. The van der Waals surface area contributed by atoms with Gasteiger partial charge >= 0.3 is 0 Å². The van der Waals surface area contributed by atoms with E-state index in [2.05, 4.69) is 6.58 Å². The number of hydrogen-bond acceptors (Lipinski definition) is 3. The molecular formula is C19H19NO3S. The second-order valence-corrected chi connectivity index (χ2v) is 8.33. The summed E-state index contributed by atoms with van der Waals surface area (Å²) in [6, 6.07) is 16.3. The fourth-order valence-electron chi connectivity index (χ4n) is 3.80. The minimum absolute atomic E-state index is 0.232. The minimum atomic E-state index is -3.56. The van der Waals surface area contributed by atoms with Gasteiger partial charge < -0.3 is 4.74 Å². The molecule has 2 aliphatic rings. The number of nitrogens with zero attached hydrogens (tertiary/aromatic N) is 1. The van der Waals surface area contributed by atoms with Gasteiger partial charge in [-0.25, -0.2) is 8.42 Å². The average Bonchev–Trinajstić information content (AvgIpc) is 3.18. The zero-order valence-electron chi connectivity index (χ0n) is 13.3. The highest BCUT2D eigenvalue weighted by Crippen LogP contribution is 2.48. The molecule has 0 bridgehead atoms. The number of hydrogen-bond donors (Lipinski definition) is 0. The molecule has 0 saturated carbocycles. The lowest BCUT2D eigenvalue weighted by molar-refractivity contribution is 0.271. The summed E-state index contributed by atoms with van der Waals surface area (Å²) < 4.78 is 33.6. The van der Waals surface area contributed by atoms with E-state index in [-0.39, 0.29) is 11.5 Å². The standard InChI is InChI=1S/C19H19NO3S/c1-2-15-12-19(14-23-18-11-7-6-10-17(18)19)13-20(15)24(21,22)16-8-4-3-5-9-16/h2-11,15H,1,12-14H2. The van der Waals surface area contributed by atoms with Crippen molar-refractivity contribution in [1.29, 1.82) is 0 Å². The molecule has 2 aromatic rings. The summed E-state index contributed by atoms with van der Waals surface area (Å²) in [5.41, 5.74) is 0.805. The Labute approximate surface area is 142 Å². The lowest BCUT2D eigenvalue weighted by atomic mass is 9.80. The van der Waals surface area contributed by atoms with Crippen LogP contribution in [0, 0.1) is 0 Å². The zero-order valence-corrected chi connectivity index (χ0v) is 14.1. The largest absolute Gasteiger partial charge is 0.492 e. The Morgan fingerprint density at radius 2 is 1.83 bits per heavy atom. The van der Waals surface area contributed by atoms with Crippen LogP contribution in [0.15, 0.2) is 72.1 Å². The van der Waals surface area contributed by atoms with Crippen LogP contribution in [0.1, 0.15) is 12.0 Å². The first-order chi connectivity index (χ1) is 11.6. The normalized spacial score (nSPS) is 26.2. The van der Waals surface area contributed by atoms with Gasteiger partial charge in [-0.15, -0.1) is 6.58 Å². The molecule has 0 amide bonds. The third-order valence-corrected chi connectivity index (χ3v) is 6.90. The molecule has 0 aromatic heterocycles. The first kappa shape index (κ1) is 15.4. The number of ether oxygens (including phenoxy) is 1. The maximum Gasteiger partial charge on any atom is 0.243 e. The van der Waals surface area contributed by atoms with Crippen molar-refractivity contribution in [2.75, 3.05) is 13.2 Å². The highest BCUT2D eigenvalue weighted by atomic mass is 32.2. The van der Waals surface area contributed by atoms with Crippen molar-refractivity contribution in [2.24, 2.45) is 0 Å². The lowest BCUT2D eigenvalue weighted by Crippen LogP contribution is -2.37. The molecule has 1 saturated heterocycles. The van der Waals surface area contributed by atoms with Crippen LogP contribution in [0.2, 0.25) is 0 Å². The fraction of sp³-hybridized carbons (Fsp3) is 0.263. The van der Waals surface area contributed by atoms with Crippen LogP contribution in [0.25, 0.3) is 0 Å². The van der Waals surface area contributed by atoms with Crippen LogP contribution >= 0.6 is 0 Å². The van der Waals surface area contributed by atoms with E-state index >= 15 is 0 Å². The molecule has 4 rings (SSSR count). The number of benzene rings is 2. The highest BCUT2D eigenvalue weighted by Gasteiger charge is 2.52. The van der Waals surface area contributed by atoms with Crippen molar-refractivity contribution in [3.8, 4) is 5.75 Å². The Morgan fingerprint density at radius 1 is 1.12 bits per heavy atom. The Morgan fingerprint density at radius 3 is 2.58 bits per heavy atom. The van der Waals surface area contributed by atoms with Crippen LogP contribution in [0.4, 0.5) is 0 Å². The topological polar surface area (TPSA) is 46.6 Å². The zero-order chi connectivity index (χ0) is 16.8. The maximum atomic E-state index is 13.1. The highest BCUT2D eigenvalue weighted by molar-refractivity contribution is 7.89. The van der Waals surface area contributed by atoms with Crippen molar-refractivity contribution < 1.29 is 13.2 Å². The first-order valence-electron chi connectivity index (χ1n) is 7.99. The Hall–Kier alpha value is -2.11. The molecule has 2 heterocycles. The maximum absolute atomic E-state index is 13.1. The predicted molar refractivity (Wildman–Crippen MR) is 92.6 cm³/mol. The van der Waals surface area contributed by atoms with Crippen molar-refractivity contribution in [1.82, 2.24) is 4.31 Å². The van der Waals surface area contributed by atoms with Crippen LogP contribution in [-0.2, 0) is 15.4 Å². The van der Waals surface area contributed by atoms with Gasteiger partial charge in [-0.05, 0) is 24.6 Å². The summed E-state index contributed by atoms with van der Waals surface area (Å²) in [5.74, 6) is 0.860. The van der Waals surface area contributed by atoms with E-state index < -0.39 is 10.0 Å². The molecule has 0 radical (unpaired) electrons. The second kappa shape index (κ2) is 5.46. The van der Waals surface area contributed by atoms with E-state index in [0.717, 1.165) is 11.3 Å². The van der Waals surface area contributed by atoms with Crippen molar-refractivity contribution in [2.45, 2.75) is 22.8 Å². The molecule has 2 aliphatic heterocycles. The quantitative estimate of drug-likeness (QED) is 0.807. The summed E-state index contributed by atoms with van der Waals surface area (Å²) in [7, 11) is -3.56. The van der Waals surface area contributed by atoms with Crippen molar-refractivity contribution >= 4 is 10.0 Å². The molecule has 0 aliphatic carbocycles. The molecule has 2 aromatic carbocycles. The molecule has 0 N–H and O–H groups in total. The van der Waals surface area contributed by atoms with E-state index in [0.29, 0.717) is 24.5 Å². The molecule has 1 fully saturated rings. The van der Waals surface area contributed by atoms with E-state index in [1.807, 2.05) is 30.3 Å². The number of para-hydroxylation sites is 1. The van der Waals surface area contributed by atoms with Crippen molar-refractivity contribution in [3.63, 3.8) is 0 Å². The van der Waals surface area contributed by atoms with Gasteiger partial charge in [0.15, 0.2) is 0 Å². The average molecular weight is 341 g/mol. The number of rotatable bonds is 3. The van der Waals surface area contributed by atoms with Crippen molar-refractivity contribution in [3.05, 3.63) is 72.8 Å². The summed E-state index contributed by atoms with van der Waals surface area (Å²) in [6.45, 7) is 4.79. The van der Waals surface area contributed by atoms with Crippen LogP contribution in [-0.4, -0.2) is 31.9 Å². The molecule has 2 atom stereocenters. The van der Waals surface area contributed by atoms with Gasteiger partial charge in [0.25, 0.3) is 0 Å². The van der Waals surface area contributed by atoms with Crippen LogP contribution in [0.3, 0.4) is 0 Å². The fourth-order valence-corrected chi connectivity index (χ4v) is 5.50. The number of fused-ring (bicyclic) bond motifs is 2. The third-order valence-electron chi connectivity index (χ3n) is 5.01. The molecular weight excluding hydrogens is 322 g/mol. The molecule has 24 heavy (non-hydrogen) atoms. The number of sulfonamides is 1. The lowest BCUT2D eigenvalue weighted by Gasteiger charge is -2.23. The van der Waals surface area contributed by atoms with Gasteiger partial charge in [-0.1, -0.05) is 42.5 Å². The van der Waals surface area contributed by atoms with Gasteiger partial charge in [0.2, 0.25) is 10.0 Å². The molecule has 1 spiro atoms. The van der Waals surface area contributed by atoms with Gasteiger partial charge in [0.05, 0.1) is 11.5 Å². The van der Waals surface area contributed by atoms with E-state index in [4.69, 9.17) is 4.74 Å². The summed E-state index contributed by atoms with van der Waals surface area (Å²) in [6.07, 6.45) is 2.43. The SMILES string of the molecule is C=CC1CC2(COc3ccccc32)CN1S(=O)(=O)c1ccccc1. The Balaban J connectivity index is 1.75. The van der Waals surface area contributed by atoms with E-state index in [9.17, 15) is 8.42 Å². The molecule has 124 valence electrons. The Kier molecular flexibility index (Phi) is 3.51. The van der Waals surface area contributed by atoms with Gasteiger partial charge in [-0.3, -0.25) is 0 Å². The summed E-state index contributed by atoms with van der Waals surface area (Å²) >= 11 is 0. The third kappa shape index (κ3) is 2.19. The van der Waals surface area contributed by atoms with Gasteiger partial charge in [0, 0.05) is 23.6 Å². The molecule has 5 heteroatoms. The van der Waals surface area contributed by atoms with Crippen LogP contribution in [0.5, 0.6) is 5.75 Å². The monoisotopic (exact) mass is 341 g/mol.